The lowest BCUT2D eigenvalue weighted by Crippen LogP contribution is -2.04. The second-order valence-electron chi connectivity index (χ2n) is 1.10. The molecule has 0 unspecified atom stereocenters. The van der Waals surface area contributed by atoms with Crippen LogP contribution in [-0.2, 0) is 9.53 Å². The third-order valence-corrected chi connectivity index (χ3v) is 0.502. The Hall–Kier alpha value is -0.540. The molecule has 0 bridgehead atoms. The normalized spacial score (nSPS) is 7.22. The lowest BCUT2D eigenvalue weighted by molar-refractivity contribution is -0.138. The highest BCUT2D eigenvalue weighted by molar-refractivity contribution is 5.85. The summed E-state index contributed by atoms with van der Waals surface area (Å²) in [6.07, 6.45) is 1.05. The molecule has 0 aromatic heterocycles. The molecule has 0 spiro atoms. The molecule has 0 amide bonds. The Morgan fingerprint density at radius 3 is 2.67 bits per heavy atom. The van der Waals surface area contributed by atoms with Crippen molar-refractivity contribution in [3.8, 4) is 0 Å². The number of halogens is 1. The minimum Gasteiger partial charge on any atom is -0.460 e. The van der Waals surface area contributed by atoms with Gasteiger partial charge in [0.05, 0.1) is 6.61 Å². The molecule has 0 aliphatic rings. The van der Waals surface area contributed by atoms with E-state index < -0.39 is 5.97 Å². The first kappa shape index (κ1) is 11.3. The van der Waals surface area contributed by atoms with Crippen LogP contribution in [-0.4, -0.2) is 24.3 Å². The van der Waals surface area contributed by atoms with Crippen LogP contribution in [0.3, 0.4) is 0 Å². The number of ether oxygens (including phenoxy) is 1. The van der Waals surface area contributed by atoms with E-state index in [-0.39, 0.29) is 25.6 Å². The van der Waals surface area contributed by atoms with E-state index in [9.17, 15) is 4.79 Å². The SMILES string of the molecule is C=CC(=O)OCCO.Cl. The van der Waals surface area contributed by atoms with Crippen LogP contribution >= 0.6 is 12.4 Å². The average Bonchev–Trinajstić information content (AvgIpc) is 1.83. The van der Waals surface area contributed by atoms with Crippen LogP contribution in [0, 0.1) is 0 Å². The van der Waals surface area contributed by atoms with Crippen LogP contribution < -0.4 is 0 Å². The van der Waals surface area contributed by atoms with Gasteiger partial charge in [0.25, 0.3) is 0 Å². The van der Waals surface area contributed by atoms with Crippen LogP contribution in [0.4, 0.5) is 0 Å². The monoisotopic (exact) mass is 152 g/mol. The summed E-state index contributed by atoms with van der Waals surface area (Å²) >= 11 is 0. The number of aliphatic hydroxyl groups excluding tert-OH is 1. The maximum atomic E-state index is 10.1. The van der Waals surface area contributed by atoms with Crippen molar-refractivity contribution in [1.29, 1.82) is 0 Å². The molecule has 3 nitrogen and oxygen atoms in total. The van der Waals surface area contributed by atoms with Gasteiger partial charge in [0.15, 0.2) is 0 Å². The summed E-state index contributed by atoms with van der Waals surface area (Å²) in [7, 11) is 0. The second kappa shape index (κ2) is 7.46. The molecule has 0 radical (unpaired) electrons. The molecule has 0 fully saturated rings. The molecule has 0 aromatic rings. The molecule has 0 atom stereocenters. The Bertz CT molecular complexity index is 92.2. The van der Waals surface area contributed by atoms with Gasteiger partial charge in [0.1, 0.15) is 6.61 Å². The predicted molar refractivity (Wildman–Crippen MR) is 35.5 cm³/mol. The van der Waals surface area contributed by atoms with Gasteiger partial charge in [-0.3, -0.25) is 0 Å². The van der Waals surface area contributed by atoms with Gasteiger partial charge in [-0.05, 0) is 0 Å². The van der Waals surface area contributed by atoms with Gasteiger partial charge in [0.2, 0.25) is 0 Å². The molecule has 0 heterocycles. The summed E-state index contributed by atoms with van der Waals surface area (Å²) in [5, 5.41) is 8.10. The maximum Gasteiger partial charge on any atom is 0.330 e. The van der Waals surface area contributed by atoms with Crippen LogP contribution in [0.1, 0.15) is 0 Å². The molecule has 0 aliphatic heterocycles. The van der Waals surface area contributed by atoms with E-state index in [2.05, 4.69) is 11.3 Å². The van der Waals surface area contributed by atoms with Crippen molar-refractivity contribution in [2.75, 3.05) is 13.2 Å². The summed E-state index contributed by atoms with van der Waals surface area (Å²) < 4.78 is 4.33. The fourth-order valence-corrected chi connectivity index (χ4v) is 0.205. The zero-order valence-electron chi connectivity index (χ0n) is 4.87. The number of hydrogen-bond donors (Lipinski definition) is 1. The molecule has 0 aliphatic carbocycles. The summed E-state index contributed by atoms with van der Waals surface area (Å²) in [6, 6.07) is 0. The number of esters is 1. The second-order valence-corrected chi connectivity index (χ2v) is 1.10. The first-order valence-corrected chi connectivity index (χ1v) is 2.21. The van der Waals surface area contributed by atoms with Gasteiger partial charge in [-0.15, -0.1) is 12.4 Å². The summed E-state index contributed by atoms with van der Waals surface area (Å²) in [5.41, 5.74) is 0. The first-order valence-electron chi connectivity index (χ1n) is 2.21. The zero-order chi connectivity index (χ0) is 6.41. The number of aliphatic hydroxyl groups is 1. The largest absolute Gasteiger partial charge is 0.460 e. The topological polar surface area (TPSA) is 46.5 Å². The highest BCUT2D eigenvalue weighted by Gasteiger charge is 1.90. The quantitative estimate of drug-likeness (QED) is 0.462. The number of hydrogen-bond acceptors (Lipinski definition) is 3. The van der Waals surface area contributed by atoms with Crippen molar-refractivity contribution < 1.29 is 14.6 Å². The minimum atomic E-state index is -0.501. The molecule has 1 N–H and O–H groups in total. The Balaban J connectivity index is 0. The fraction of sp³-hybridized carbons (Fsp3) is 0.400. The Morgan fingerprint density at radius 2 is 2.33 bits per heavy atom. The lowest BCUT2D eigenvalue weighted by Gasteiger charge is -1.94. The molecular formula is C5H9ClO3. The highest BCUT2D eigenvalue weighted by atomic mass is 35.5. The lowest BCUT2D eigenvalue weighted by atomic mass is 10.6. The summed E-state index contributed by atoms with van der Waals surface area (Å²) in [6.45, 7) is 3.06. The number of rotatable bonds is 3. The van der Waals surface area contributed by atoms with Crippen molar-refractivity contribution in [3.05, 3.63) is 12.7 Å². The molecule has 54 valence electrons. The van der Waals surface area contributed by atoms with Gasteiger partial charge in [-0.25, -0.2) is 4.79 Å². The third-order valence-electron chi connectivity index (χ3n) is 0.502. The number of carbonyl (C=O) groups is 1. The van der Waals surface area contributed by atoms with Crippen LogP contribution in [0.25, 0.3) is 0 Å². The minimum absolute atomic E-state index is 0. The third kappa shape index (κ3) is 7.46. The Morgan fingerprint density at radius 1 is 1.78 bits per heavy atom. The predicted octanol–water partition coefficient (Wildman–Crippen LogP) is 0.130. The van der Waals surface area contributed by atoms with Crippen molar-refractivity contribution in [2.45, 2.75) is 0 Å². The van der Waals surface area contributed by atoms with E-state index in [0.29, 0.717) is 0 Å². The zero-order valence-corrected chi connectivity index (χ0v) is 5.69. The summed E-state index contributed by atoms with van der Waals surface area (Å²) in [4.78, 5) is 10.1. The van der Waals surface area contributed by atoms with E-state index in [4.69, 9.17) is 5.11 Å². The van der Waals surface area contributed by atoms with Crippen molar-refractivity contribution in [1.82, 2.24) is 0 Å². The summed E-state index contributed by atoms with van der Waals surface area (Å²) in [5.74, 6) is -0.501. The van der Waals surface area contributed by atoms with Gasteiger partial charge in [-0.2, -0.15) is 0 Å². The Kier molecular flexibility index (Phi) is 9.35. The van der Waals surface area contributed by atoms with Crippen LogP contribution in [0.5, 0.6) is 0 Å². The molecule has 0 rings (SSSR count). The van der Waals surface area contributed by atoms with Gasteiger partial charge in [0, 0.05) is 6.08 Å². The van der Waals surface area contributed by atoms with E-state index in [0.717, 1.165) is 6.08 Å². The van der Waals surface area contributed by atoms with E-state index >= 15 is 0 Å². The van der Waals surface area contributed by atoms with E-state index in [1.165, 1.54) is 0 Å². The van der Waals surface area contributed by atoms with Crippen LogP contribution in [0.15, 0.2) is 12.7 Å². The van der Waals surface area contributed by atoms with Crippen molar-refractivity contribution in [2.24, 2.45) is 0 Å². The molecule has 0 aromatic carbocycles. The van der Waals surface area contributed by atoms with E-state index in [1.807, 2.05) is 0 Å². The van der Waals surface area contributed by atoms with Crippen LogP contribution in [0.2, 0.25) is 0 Å². The molecular weight excluding hydrogens is 144 g/mol. The average molecular weight is 153 g/mol. The maximum absolute atomic E-state index is 10.1. The van der Waals surface area contributed by atoms with E-state index in [1.54, 1.807) is 0 Å². The smallest absolute Gasteiger partial charge is 0.330 e. The molecule has 0 saturated heterocycles. The molecule has 4 heteroatoms. The molecule has 9 heavy (non-hydrogen) atoms. The van der Waals surface area contributed by atoms with Crippen molar-refractivity contribution in [3.63, 3.8) is 0 Å². The van der Waals surface area contributed by atoms with Crippen molar-refractivity contribution >= 4 is 18.4 Å². The fourth-order valence-electron chi connectivity index (χ4n) is 0.205. The Labute approximate surface area is 59.7 Å². The standard InChI is InChI=1S/C5H8O3.ClH/c1-2-5(7)8-4-3-6;/h2,6H,1,3-4H2;1H. The van der Waals surface area contributed by atoms with Gasteiger partial charge in [-0.1, -0.05) is 6.58 Å². The van der Waals surface area contributed by atoms with Gasteiger partial charge >= 0.3 is 5.97 Å². The first-order chi connectivity index (χ1) is 3.81. The molecule has 0 saturated carbocycles. The van der Waals surface area contributed by atoms with Gasteiger partial charge < -0.3 is 9.84 Å². The highest BCUT2D eigenvalue weighted by Crippen LogP contribution is 1.75. The number of carbonyl (C=O) groups excluding carboxylic acids is 1.